The van der Waals surface area contributed by atoms with E-state index in [9.17, 15) is 34.8 Å². The van der Waals surface area contributed by atoms with E-state index in [0.717, 1.165) is 44.6 Å². The molecule has 248 valence electrons. The summed E-state index contributed by atoms with van der Waals surface area (Å²) in [5, 5.41) is 45.4. The number of alkyl halides is 3. The summed E-state index contributed by atoms with van der Waals surface area (Å²) in [6, 6.07) is -0.302. The minimum absolute atomic E-state index is 0.0161. The van der Waals surface area contributed by atoms with E-state index in [1.165, 1.54) is 19.0 Å². The van der Waals surface area contributed by atoms with Gasteiger partial charge in [0, 0.05) is 30.1 Å². The van der Waals surface area contributed by atoms with Gasteiger partial charge < -0.3 is 26.2 Å². The minimum Gasteiger partial charge on any atom is -0.508 e. The first kappa shape index (κ1) is 31.2. The maximum atomic E-state index is 15.1. The molecule has 1 aromatic rings. The van der Waals surface area contributed by atoms with Crippen molar-refractivity contribution in [3.05, 3.63) is 45.2 Å². The molecule has 0 radical (unpaired) electrons. The Kier molecular flexibility index (Phi) is 6.81. The Morgan fingerprint density at radius 3 is 2.26 bits per heavy atom. The van der Waals surface area contributed by atoms with Gasteiger partial charge in [-0.25, -0.2) is 0 Å². The van der Waals surface area contributed by atoms with E-state index in [1.54, 1.807) is 0 Å². The van der Waals surface area contributed by atoms with E-state index in [-0.39, 0.29) is 29.6 Å². The number of aliphatic hydroxyl groups excluding tert-OH is 2. The third-order valence-electron chi connectivity index (χ3n) is 11.4. The quantitative estimate of drug-likeness (QED) is 0.267. The number of fused-ring (bicyclic) bond motifs is 3. The Bertz CT molecular complexity index is 1640. The summed E-state index contributed by atoms with van der Waals surface area (Å²) in [5.41, 5.74) is -1.05. The number of carbonyl (C=O) groups excluding carboxylic acids is 3. The van der Waals surface area contributed by atoms with E-state index in [2.05, 4.69) is 4.90 Å². The van der Waals surface area contributed by atoms with Gasteiger partial charge in [-0.3, -0.25) is 24.2 Å². The highest BCUT2D eigenvalue weighted by molar-refractivity contribution is 6.24. The Morgan fingerprint density at radius 2 is 1.74 bits per heavy atom. The van der Waals surface area contributed by atoms with Crippen LogP contribution in [0.1, 0.15) is 67.2 Å². The standard InChI is InChI=1S/C33H38F3N3O7/c1-38(2)25-19-10-15-9-18-22(26(41)21(15)28(43)32(19,46)29(44)23(27(25)42)30(37)45)20(40)11-16(24(18)33(34,35)36)13-39(12-14-3-4-14)31(7-8-31)17-5-6-17/h11,14-15,17,19,25,40-41,44,46H,3-10,12-13H2,1-2H3,(H2,37,45)/t15-,19-,25-,32-/m0/s1. The second kappa shape index (κ2) is 10.0. The van der Waals surface area contributed by atoms with E-state index >= 15 is 13.2 Å². The molecule has 0 saturated heterocycles. The number of aliphatic hydroxyl groups is 3. The zero-order chi connectivity index (χ0) is 33.2. The molecule has 4 atom stereocenters. The number of amides is 1. The average Bonchev–Trinajstić information content (AvgIpc) is 3.79. The topological polar surface area (TPSA) is 165 Å². The normalized spacial score (nSPS) is 30.5. The number of Topliss-reactive ketones (excluding diaryl/α,β-unsaturated/α-hetero) is 2. The predicted molar refractivity (Wildman–Crippen MR) is 157 cm³/mol. The van der Waals surface area contributed by atoms with E-state index in [0.29, 0.717) is 18.4 Å². The van der Waals surface area contributed by atoms with Crippen LogP contribution in [0.4, 0.5) is 13.2 Å². The van der Waals surface area contributed by atoms with Gasteiger partial charge >= 0.3 is 6.18 Å². The number of ketones is 2. The minimum atomic E-state index is -4.86. The van der Waals surface area contributed by atoms with Crippen molar-refractivity contribution >= 4 is 23.2 Å². The zero-order valence-corrected chi connectivity index (χ0v) is 25.7. The molecule has 0 bridgehead atoms. The van der Waals surface area contributed by atoms with Crippen molar-refractivity contribution in [2.45, 2.75) is 81.3 Å². The van der Waals surface area contributed by atoms with Crippen molar-refractivity contribution in [2.24, 2.45) is 29.4 Å². The van der Waals surface area contributed by atoms with Gasteiger partial charge in [-0.2, -0.15) is 13.2 Å². The highest BCUT2D eigenvalue weighted by Crippen LogP contribution is 2.59. The number of aromatic hydroxyl groups is 1. The lowest BCUT2D eigenvalue weighted by atomic mass is 9.57. The predicted octanol–water partition coefficient (Wildman–Crippen LogP) is 3.14. The zero-order valence-electron chi connectivity index (χ0n) is 25.7. The lowest BCUT2D eigenvalue weighted by Gasteiger charge is -2.50. The number of likely N-dealkylation sites (N-methyl/N-ethyl adjacent to an activating group) is 1. The van der Waals surface area contributed by atoms with Crippen LogP contribution in [-0.4, -0.2) is 85.5 Å². The molecule has 6 aliphatic carbocycles. The number of hydrogen-bond acceptors (Lipinski definition) is 9. The van der Waals surface area contributed by atoms with Crippen LogP contribution in [0.5, 0.6) is 5.75 Å². The Labute approximate surface area is 263 Å². The van der Waals surface area contributed by atoms with Crippen LogP contribution in [-0.2, 0) is 33.5 Å². The molecular formula is C33H38F3N3O7. The smallest absolute Gasteiger partial charge is 0.417 e. The summed E-state index contributed by atoms with van der Waals surface area (Å²) < 4.78 is 45.3. The van der Waals surface area contributed by atoms with Crippen LogP contribution in [0, 0.1) is 23.7 Å². The monoisotopic (exact) mass is 645 g/mol. The number of hydrogen-bond donors (Lipinski definition) is 5. The molecular weight excluding hydrogens is 607 g/mol. The van der Waals surface area contributed by atoms with Crippen molar-refractivity contribution in [1.82, 2.24) is 9.80 Å². The fourth-order valence-electron chi connectivity index (χ4n) is 8.81. The lowest BCUT2D eigenvalue weighted by Crippen LogP contribution is -2.65. The summed E-state index contributed by atoms with van der Waals surface area (Å²) in [7, 11) is 2.92. The Morgan fingerprint density at radius 1 is 1.09 bits per heavy atom. The van der Waals surface area contributed by atoms with Gasteiger partial charge in [-0.1, -0.05) is 0 Å². The molecule has 7 rings (SSSR count). The molecule has 1 aromatic carbocycles. The molecule has 46 heavy (non-hydrogen) atoms. The van der Waals surface area contributed by atoms with Crippen molar-refractivity contribution in [2.75, 3.05) is 20.6 Å². The van der Waals surface area contributed by atoms with Crippen molar-refractivity contribution < 1.29 is 48.0 Å². The van der Waals surface area contributed by atoms with Crippen LogP contribution in [0.15, 0.2) is 23.0 Å². The van der Waals surface area contributed by atoms with Gasteiger partial charge in [0.2, 0.25) is 5.78 Å². The van der Waals surface area contributed by atoms with Gasteiger partial charge in [0.1, 0.15) is 22.8 Å². The molecule has 13 heteroatoms. The summed E-state index contributed by atoms with van der Waals surface area (Å²) in [6.45, 7) is 0.667. The second-order valence-electron chi connectivity index (χ2n) is 14.4. The van der Waals surface area contributed by atoms with Gasteiger partial charge in [-0.15, -0.1) is 0 Å². The van der Waals surface area contributed by atoms with E-state index in [4.69, 9.17) is 5.73 Å². The third-order valence-corrected chi connectivity index (χ3v) is 11.4. The molecule has 0 aliphatic heterocycles. The van der Waals surface area contributed by atoms with E-state index < -0.39 is 93.1 Å². The van der Waals surface area contributed by atoms with Crippen LogP contribution in [0.3, 0.4) is 0 Å². The molecule has 4 fully saturated rings. The number of phenols is 1. The van der Waals surface area contributed by atoms with Gasteiger partial charge in [-0.05, 0) is 100 Å². The highest BCUT2D eigenvalue weighted by Gasteiger charge is 2.64. The van der Waals surface area contributed by atoms with Crippen LogP contribution in [0.25, 0.3) is 5.76 Å². The van der Waals surface area contributed by atoms with Crippen molar-refractivity contribution in [3.8, 4) is 5.75 Å². The SMILES string of the molecule is CN(C)[C@@H]1C(=O)C(C(N)=O)=C(O)[C@@]2(O)C(=O)C3=C(O)c4c(O)cc(CN(CC5CC5)C5(C6CC6)CC5)c(C(F)(F)F)c4C[C@H]3C[C@@H]12. The van der Waals surface area contributed by atoms with Crippen LogP contribution >= 0.6 is 0 Å². The van der Waals surface area contributed by atoms with Gasteiger partial charge in [0.25, 0.3) is 5.91 Å². The number of benzene rings is 1. The van der Waals surface area contributed by atoms with Gasteiger partial charge in [0.15, 0.2) is 11.4 Å². The summed E-state index contributed by atoms with van der Waals surface area (Å²) in [6.07, 6.45) is 0.454. The molecule has 1 amide bonds. The number of nitrogens with two attached hydrogens (primary N) is 1. The molecule has 10 nitrogen and oxygen atoms in total. The third kappa shape index (κ3) is 4.45. The fourth-order valence-corrected chi connectivity index (χ4v) is 8.81. The number of primary amides is 1. The molecule has 0 spiro atoms. The Balaban J connectivity index is 1.36. The second-order valence-corrected chi connectivity index (χ2v) is 14.4. The molecule has 6 aliphatic rings. The highest BCUT2D eigenvalue weighted by atomic mass is 19.4. The number of carbonyl (C=O) groups is 3. The summed E-state index contributed by atoms with van der Waals surface area (Å²) >= 11 is 0. The van der Waals surface area contributed by atoms with Crippen molar-refractivity contribution in [3.63, 3.8) is 0 Å². The molecule has 6 N–H and O–H groups in total. The first-order chi connectivity index (χ1) is 21.5. The summed E-state index contributed by atoms with van der Waals surface area (Å²) in [4.78, 5) is 43.0. The molecule has 0 heterocycles. The Hall–Kier alpha value is -3.42. The van der Waals surface area contributed by atoms with Crippen LogP contribution < -0.4 is 5.73 Å². The molecule has 4 saturated carbocycles. The first-order valence-corrected chi connectivity index (χ1v) is 15.9. The van der Waals surface area contributed by atoms with E-state index in [1.807, 2.05) is 0 Å². The summed E-state index contributed by atoms with van der Waals surface area (Å²) in [5.74, 6) is -7.96. The molecule has 0 unspecified atom stereocenters. The number of phenolic OH excluding ortho intramolecular Hbond substituents is 1. The largest absolute Gasteiger partial charge is 0.508 e. The maximum Gasteiger partial charge on any atom is 0.417 e. The average molecular weight is 646 g/mol. The maximum absolute atomic E-state index is 15.1. The molecule has 0 aromatic heterocycles. The van der Waals surface area contributed by atoms with Crippen molar-refractivity contribution in [1.29, 1.82) is 0 Å². The number of halogens is 3. The van der Waals surface area contributed by atoms with Gasteiger partial charge in [0.05, 0.1) is 17.2 Å². The first-order valence-electron chi connectivity index (χ1n) is 15.9. The fraction of sp³-hybridized carbons (Fsp3) is 0.606. The lowest BCUT2D eigenvalue weighted by molar-refractivity contribution is -0.153. The number of nitrogens with zero attached hydrogens (tertiary/aromatic N) is 2. The number of rotatable bonds is 8. The van der Waals surface area contributed by atoms with Crippen LogP contribution in [0.2, 0.25) is 0 Å².